The molecule has 1 aromatic rings. The van der Waals surface area contributed by atoms with Gasteiger partial charge in [0.2, 0.25) is 0 Å². The van der Waals surface area contributed by atoms with Gasteiger partial charge in [0.25, 0.3) is 0 Å². The predicted octanol–water partition coefficient (Wildman–Crippen LogP) is 2.43. The van der Waals surface area contributed by atoms with Crippen LogP contribution in [0.3, 0.4) is 0 Å². The average Bonchev–Trinajstić information content (AvgIpc) is 2.14. The van der Waals surface area contributed by atoms with Gasteiger partial charge in [-0.15, -0.1) is 12.4 Å². The number of hydrogen-bond donors (Lipinski definition) is 1. The third kappa shape index (κ3) is 3.24. The highest BCUT2D eigenvalue weighted by molar-refractivity contribution is 5.85. The topological polar surface area (TPSA) is 12.0 Å². The minimum atomic E-state index is -2.04. The standard InChI is InChI=1S/C10H15N.ClH/c1-9(8-11-2)10-6-4-3-5-7-10;/h3-7,9,11H,8H2,1-2H3;1H/i2D3;. The van der Waals surface area contributed by atoms with Gasteiger partial charge in [-0.3, -0.25) is 0 Å². The second kappa shape index (κ2) is 6.04. The van der Waals surface area contributed by atoms with Crippen molar-refractivity contribution >= 4 is 12.4 Å². The maximum absolute atomic E-state index is 7.01. The second-order valence-electron chi connectivity index (χ2n) is 2.69. The minimum Gasteiger partial charge on any atom is -0.319 e. The summed E-state index contributed by atoms with van der Waals surface area (Å²) in [5.41, 5.74) is 1.16. The summed E-state index contributed by atoms with van der Waals surface area (Å²) < 4.78 is 21.0. The van der Waals surface area contributed by atoms with Crippen LogP contribution in [0, 0.1) is 0 Å². The van der Waals surface area contributed by atoms with Crippen molar-refractivity contribution in [3.8, 4) is 0 Å². The first-order valence-electron chi connectivity index (χ1n) is 5.29. The summed E-state index contributed by atoms with van der Waals surface area (Å²) in [6, 6.07) is 9.88. The maximum atomic E-state index is 7.01. The van der Waals surface area contributed by atoms with Crippen molar-refractivity contribution < 1.29 is 4.11 Å². The van der Waals surface area contributed by atoms with Crippen LogP contribution in [0.2, 0.25) is 0 Å². The zero-order chi connectivity index (χ0) is 10.6. The van der Waals surface area contributed by atoms with E-state index in [1.54, 1.807) is 0 Å². The molecule has 2 heteroatoms. The predicted molar refractivity (Wildman–Crippen MR) is 56.0 cm³/mol. The number of rotatable bonds is 3. The van der Waals surface area contributed by atoms with E-state index < -0.39 is 6.98 Å². The van der Waals surface area contributed by atoms with E-state index in [2.05, 4.69) is 5.32 Å². The Morgan fingerprint density at radius 3 is 2.67 bits per heavy atom. The summed E-state index contributed by atoms with van der Waals surface area (Å²) in [4.78, 5) is 0. The number of halogens is 1. The van der Waals surface area contributed by atoms with Gasteiger partial charge in [0, 0.05) is 10.7 Å². The van der Waals surface area contributed by atoms with Crippen molar-refractivity contribution in [3.63, 3.8) is 0 Å². The van der Waals surface area contributed by atoms with E-state index >= 15 is 0 Å². The molecule has 0 amide bonds. The fourth-order valence-corrected chi connectivity index (χ4v) is 1.05. The molecule has 0 aromatic heterocycles. The normalized spacial score (nSPS) is 16.6. The lowest BCUT2D eigenvalue weighted by molar-refractivity contribution is 0.678. The Kier molecular flexibility index (Phi) is 3.49. The summed E-state index contributed by atoms with van der Waals surface area (Å²) in [7, 11) is 0. The highest BCUT2D eigenvalue weighted by Gasteiger charge is 2.01. The number of benzene rings is 1. The Hall–Kier alpha value is -0.530. The minimum absolute atomic E-state index is 0. The monoisotopic (exact) mass is 188 g/mol. The van der Waals surface area contributed by atoms with Crippen LogP contribution in [0.15, 0.2) is 30.3 Å². The molecule has 1 atom stereocenters. The lowest BCUT2D eigenvalue weighted by Crippen LogP contribution is -2.14. The maximum Gasteiger partial charge on any atom is 0.0391 e. The Balaban J connectivity index is 0.00000196. The van der Waals surface area contributed by atoms with Crippen LogP contribution in [0.25, 0.3) is 0 Å². The van der Waals surface area contributed by atoms with E-state index in [1.807, 2.05) is 37.3 Å². The van der Waals surface area contributed by atoms with E-state index in [4.69, 9.17) is 4.11 Å². The molecule has 0 radical (unpaired) electrons. The molecule has 0 aliphatic heterocycles. The van der Waals surface area contributed by atoms with Crippen molar-refractivity contribution in [3.05, 3.63) is 35.9 Å². The average molecular weight is 189 g/mol. The van der Waals surface area contributed by atoms with Gasteiger partial charge in [0.05, 0.1) is 0 Å². The van der Waals surface area contributed by atoms with Crippen molar-refractivity contribution in [1.82, 2.24) is 5.32 Å². The highest BCUT2D eigenvalue weighted by atomic mass is 35.5. The van der Waals surface area contributed by atoms with Crippen LogP contribution in [0.5, 0.6) is 0 Å². The molecule has 1 aromatic carbocycles. The molecule has 0 aliphatic rings. The molecule has 68 valence electrons. The summed E-state index contributed by atoms with van der Waals surface area (Å²) in [6.07, 6.45) is 0. The fourth-order valence-electron chi connectivity index (χ4n) is 1.05. The molecular weight excluding hydrogens is 170 g/mol. The van der Waals surface area contributed by atoms with Crippen molar-refractivity contribution in [2.75, 3.05) is 13.5 Å². The number of likely N-dealkylation sites (N-methyl/N-ethyl adjacent to an activating group) is 1. The Bertz CT molecular complexity index is 274. The summed E-state index contributed by atoms with van der Waals surface area (Å²) in [6.45, 7) is 0.442. The zero-order valence-electron chi connectivity index (χ0n) is 10.1. The van der Waals surface area contributed by atoms with Crippen LogP contribution in [0.1, 0.15) is 22.5 Å². The SMILES string of the molecule is Cl.[2H]C([2H])([2H])NCC(C)c1ccccc1. The molecule has 0 bridgehead atoms. The number of hydrogen-bond acceptors (Lipinski definition) is 1. The first-order valence-corrected chi connectivity index (χ1v) is 3.79. The molecule has 0 saturated carbocycles. The van der Waals surface area contributed by atoms with E-state index in [0.717, 1.165) is 5.56 Å². The lowest BCUT2D eigenvalue weighted by atomic mass is 10.0. The summed E-state index contributed by atoms with van der Waals surface area (Å²) in [5.74, 6) is 0.219. The first kappa shape index (κ1) is 6.93. The molecule has 1 nitrogen and oxygen atoms in total. The van der Waals surface area contributed by atoms with Gasteiger partial charge in [-0.25, -0.2) is 0 Å². The molecular formula is C10H16ClN. The third-order valence-corrected chi connectivity index (χ3v) is 1.78. The molecule has 0 aliphatic carbocycles. The zero-order valence-corrected chi connectivity index (χ0v) is 7.90. The molecule has 0 spiro atoms. The van der Waals surface area contributed by atoms with Crippen molar-refractivity contribution in [1.29, 1.82) is 0 Å². The van der Waals surface area contributed by atoms with Crippen LogP contribution >= 0.6 is 12.4 Å². The van der Waals surface area contributed by atoms with E-state index in [1.165, 1.54) is 0 Å². The quantitative estimate of drug-likeness (QED) is 0.769. The highest BCUT2D eigenvalue weighted by Crippen LogP contribution is 2.12. The molecule has 1 unspecified atom stereocenters. The van der Waals surface area contributed by atoms with Gasteiger partial charge in [0.1, 0.15) is 0 Å². The first-order chi connectivity index (χ1) is 6.49. The Morgan fingerprint density at radius 2 is 2.08 bits per heavy atom. The van der Waals surface area contributed by atoms with Gasteiger partial charge < -0.3 is 5.32 Å². The van der Waals surface area contributed by atoms with E-state index in [0.29, 0.717) is 6.54 Å². The summed E-state index contributed by atoms with van der Waals surface area (Å²) >= 11 is 0. The van der Waals surface area contributed by atoms with Crippen LogP contribution in [-0.4, -0.2) is 13.5 Å². The molecule has 0 saturated heterocycles. The van der Waals surface area contributed by atoms with Gasteiger partial charge >= 0.3 is 0 Å². The molecule has 1 N–H and O–H groups in total. The van der Waals surface area contributed by atoms with Gasteiger partial charge in [0.15, 0.2) is 0 Å². The van der Waals surface area contributed by atoms with Crippen LogP contribution in [-0.2, 0) is 0 Å². The Morgan fingerprint density at radius 1 is 1.42 bits per heavy atom. The molecule has 1 rings (SSSR count). The van der Waals surface area contributed by atoms with Crippen LogP contribution in [0.4, 0.5) is 0 Å². The van der Waals surface area contributed by atoms with Crippen molar-refractivity contribution in [2.45, 2.75) is 12.8 Å². The van der Waals surface area contributed by atoms with E-state index in [9.17, 15) is 0 Å². The lowest BCUT2D eigenvalue weighted by Gasteiger charge is -2.09. The van der Waals surface area contributed by atoms with Crippen molar-refractivity contribution in [2.24, 2.45) is 0 Å². The Labute approximate surface area is 84.8 Å². The van der Waals surface area contributed by atoms with Crippen LogP contribution < -0.4 is 5.32 Å². The molecule has 12 heavy (non-hydrogen) atoms. The second-order valence-corrected chi connectivity index (χ2v) is 2.69. The fraction of sp³-hybridized carbons (Fsp3) is 0.400. The smallest absolute Gasteiger partial charge is 0.0391 e. The van der Waals surface area contributed by atoms with E-state index in [-0.39, 0.29) is 18.3 Å². The third-order valence-electron chi connectivity index (χ3n) is 1.78. The number of nitrogens with one attached hydrogen (secondary N) is 1. The largest absolute Gasteiger partial charge is 0.319 e. The summed E-state index contributed by atoms with van der Waals surface area (Å²) in [5, 5.41) is 2.52. The molecule has 0 heterocycles. The van der Waals surface area contributed by atoms with Gasteiger partial charge in [-0.05, 0) is 18.5 Å². The van der Waals surface area contributed by atoms with Gasteiger partial charge in [-0.1, -0.05) is 37.3 Å². The van der Waals surface area contributed by atoms with Gasteiger partial charge in [-0.2, -0.15) is 0 Å². The molecule has 0 fully saturated rings.